The molecule has 0 saturated carbocycles. The van der Waals surface area contributed by atoms with Crippen molar-refractivity contribution in [1.82, 2.24) is 10.2 Å². The van der Waals surface area contributed by atoms with Gasteiger partial charge in [0.05, 0.1) is 11.6 Å². The second kappa shape index (κ2) is 12.2. The number of hydrogen-bond acceptors (Lipinski definition) is 8. The van der Waals surface area contributed by atoms with E-state index in [9.17, 15) is 23.5 Å². The molecule has 214 valence electrons. The van der Waals surface area contributed by atoms with Crippen LogP contribution in [-0.2, 0) is 15.3 Å². The van der Waals surface area contributed by atoms with Gasteiger partial charge >= 0.3 is 5.91 Å². The van der Waals surface area contributed by atoms with Crippen LogP contribution in [0.4, 0.5) is 13.9 Å². The van der Waals surface area contributed by atoms with Gasteiger partial charge in [-0.2, -0.15) is 0 Å². The molecule has 1 fully saturated rings. The number of ketones is 1. The smallest absolute Gasteiger partial charge is 0.301 e. The van der Waals surface area contributed by atoms with Crippen LogP contribution in [0.2, 0.25) is 0 Å². The third-order valence-electron chi connectivity index (χ3n) is 6.63. The van der Waals surface area contributed by atoms with Crippen LogP contribution >= 0.6 is 23.1 Å². The quantitative estimate of drug-likeness (QED) is 0.0636. The van der Waals surface area contributed by atoms with Gasteiger partial charge in [-0.25, -0.2) is 8.78 Å². The minimum Gasteiger partial charge on any atom is -0.507 e. The molecule has 7 nitrogen and oxygen atoms in total. The Morgan fingerprint density at radius 3 is 2.37 bits per heavy atom. The Morgan fingerprint density at radius 1 is 0.884 bits per heavy atom. The largest absolute Gasteiger partial charge is 0.507 e. The highest BCUT2D eigenvalue weighted by atomic mass is 32.2. The minimum atomic E-state index is -1.10. The first kappa shape index (κ1) is 28.3. The Labute approximate surface area is 253 Å². The Morgan fingerprint density at radius 2 is 1.60 bits per heavy atom. The van der Waals surface area contributed by atoms with Crippen LogP contribution < -0.4 is 9.64 Å². The van der Waals surface area contributed by atoms with E-state index in [1.54, 1.807) is 54.6 Å². The molecule has 43 heavy (non-hydrogen) atoms. The lowest BCUT2D eigenvalue weighted by Gasteiger charge is -2.23. The van der Waals surface area contributed by atoms with Crippen molar-refractivity contribution in [2.24, 2.45) is 0 Å². The summed E-state index contributed by atoms with van der Waals surface area (Å²) in [5.74, 6) is -1.86. The number of ether oxygens (including phenoxy) is 1. The van der Waals surface area contributed by atoms with Gasteiger partial charge in [0.25, 0.3) is 5.78 Å². The number of aliphatic hydroxyl groups is 1. The maximum Gasteiger partial charge on any atom is 0.301 e. The summed E-state index contributed by atoms with van der Waals surface area (Å²) in [4.78, 5) is 28.2. The molecule has 1 unspecified atom stereocenters. The Balaban J connectivity index is 1.40. The van der Waals surface area contributed by atoms with Crippen molar-refractivity contribution in [1.29, 1.82) is 0 Å². The Kier molecular flexibility index (Phi) is 7.99. The van der Waals surface area contributed by atoms with Gasteiger partial charge in [0, 0.05) is 11.3 Å². The third-order valence-corrected chi connectivity index (χ3v) is 8.73. The molecule has 1 saturated heterocycles. The molecule has 1 N–H and O–H groups in total. The molecular formula is C32H21F2N3O4S2. The first-order chi connectivity index (χ1) is 20.9. The average Bonchev–Trinajstić information content (AvgIpc) is 3.59. The predicted octanol–water partition coefficient (Wildman–Crippen LogP) is 7.53. The lowest BCUT2D eigenvalue weighted by molar-refractivity contribution is -0.132. The number of rotatable bonds is 8. The summed E-state index contributed by atoms with van der Waals surface area (Å²) in [6.07, 6.45) is 0. The standard InChI is InChI=1S/C32H21F2N3O4S2/c33-22-15-13-19(14-16-22)28(38)26-27(20-8-6-11-24(17-20)41-23-9-2-1-3-10-23)37(30(40)29(26)39)31-35-36-32(43-31)42-18-21-7-4-5-12-25(21)34/h1-17,27,38H,18H2/b28-26-. The van der Waals surface area contributed by atoms with Crippen molar-refractivity contribution in [3.63, 3.8) is 0 Å². The predicted molar refractivity (Wildman–Crippen MR) is 160 cm³/mol. The van der Waals surface area contributed by atoms with Crippen molar-refractivity contribution in [2.75, 3.05) is 4.90 Å². The van der Waals surface area contributed by atoms with Crippen LogP contribution in [-0.4, -0.2) is 27.0 Å². The Hall–Kier alpha value is -4.87. The van der Waals surface area contributed by atoms with E-state index < -0.39 is 29.3 Å². The maximum atomic E-state index is 14.1. The van der Waals surface area contributed by atoms with Gasteiger partial charge in [-0.3, -0.25) is 14.5 Å². The molecule has 5 aromatic rings. The Bertz CT molecular complexity index is 1850. The van der Waals surface area contributed by atoms with Crippen molar-refractivity contribution in [2.45, 2.75) is 16.1 Å². The van der Waals surface area contributed by atoms with Crippen LogP contribution in [0.3, 0.4) is 0 Å². The normalized spacial score (nSPS) is 16.0. The number of carbonyl (C=O) groups excluding carboxylic acids is 2. The molecule has 0 spiro atoms. The second-order valence-corrected chi connectivity index (χ2v) is 11.6. The lowest BCUT2D eigenvalue weighted by atomic mass is 9.95. The number of carbonyl (C=O) groups is 2. The topological polar surface area (TPSA) is 92.6 Å². The van der Waals surface area contributed by atoms with Gasteiger partial charge in [0.2, 0.25) is 5.13 Å². The number of Topliss-reactive ketones (excluding diaryl/α,β-unsaturated/α-hetero) is 1. The van der Waals surface area contributed by atoms with E-state index in [-0.39, 0.29) is 27.8 Å². The summed E-state index contributed by atoms with van der Waals surface area (Å²) < 4.78 is 34.2. The number of benzene rings is 4. The molecule has 6 rings (SSSR count). The molecule has 2 heterocycles. The van der Waals surface area contributed by atoms with Crippen LogP contribution in [0.1, 0.15) is 22.7 Å². The SMILES string of the molecule is O=C1C(=O)N(c2nnc(SCc3ccccc3F)s2)C(c2cccc(Oc3ccccc3)c2)/C1=C(/O)c1ccc(F)cc1. The van der Waals surface area contributed by atoms with Crippen molar-refractivity contribution in [3.05, 3.63) is 137 Å². The number of para-hydroxylation sites is 1. The molecular weight excluding hydrogens is 592 g/mol. The molecule has 1 aliphatic heterocycles. The summed E-state index contributed by atoms with van der Waals surface area (Å²) in [5.41, 5.74) is 0.926. The van der Waals surface area contributed by atoms with E-state index in [1.165, 1.54) is 34.9 Å². The monoisotopic (exact) mass is 613 g/mol. The van der Waals surface area contributed by atoms with Crippen LogP contribution in [0.5, 0.6) is 11.5 Å². The highest BCUT2D eigenvalue weighted by Gasteiger charge is 2.48. The number of thioether (sulfide) groups is 1. The van der Waals surface area contributed by atoms with Gasteiger partial charge in [-0.15, -0.1) is 10.2 Å². The van der Waals surface area contributed by atoms with Crippen molar-refractivity contribution < 1.29 is 28.2 Å². The molecule has 1 atom stereocenters. The van der Waals surface area contributed by atoms with E-state index in [0.29, 0.717) is 27.0 Å². The second-order valence-electron chi connectivity index (χ2n) is 9.39. The number of halogens is 2. The fraction of sp³-hybridized carbons (Fsp3) is 0.0625. The molecule has 1 aromatic heterocycles. The number of hydrogen-bond donors (Lipinski definition) is 1. The van der Waals surface area contributed by atoms with E-state index in [2.05, 4.69) is 10.2 Å². The number of nitrogens with zero attached hydrogens (tertiary/aromatic N) is 3. The summed E-state index contributed by atoms with van der Waals surface area (Å²) in [6, 6.07) is 26.1. The number of aromatic nitrogens is 2. The summed E-state index contributed by atoms with van der Waals surface area (Å²) in [5, 5.41) is 19.8. The van der Waals surface area contributed by atoms with Crippen LogP contribution in [0.25, 0.3) is 5.76 Å². The first-order valence-electron chi connectivity index (χ1n) is 13.0. The fourth-order valence-corrected chi connectivity index (χ4v) is 6.45. The first-order valence-corrected chi connectivity index (χ1v) is 14.8. The fourth-order valence-electron chi connectivity index (χ4n) is 4.59. The highest BCUT2D eigenvalue weighted by molar-refractivity contribution is 8.00. The zero-order chi connectivity index (χ0) is 29.9. The molecule has 1 amide bonds. The summed E-state index contributed by atoms with van der Waals surface area (Å²) in [6.45, 7) is 0. The van der Waals surface area contributed by atoms with E-state index in [1.807, 2.05) is 18.2 Å². The van der Waals surface area contributed by atoms with E-state index in [0.717, 1.165) is 23.5 Å². The van der Waals surface area contributed by atoms with Gasteiger partial charge in [-0.05, 0) is 65.7 Å². The van der Waals surface area contributed by atoms with Gasteiger partial charge in [0.15, 0.2) is 4.34 Å². The maximum absolute atomic E-state index is 14.1. The van der Waals surface area contributed by atoms with Gasteiger partial charge < -0.3 is 9.84 Å². The number of amides is 1. The van der Waals surface area contributed by atoms with Crippen LogP contribution in [0.15, 0.2) is 113 Å². The summed E-state index contributed by atoms with van der Waals surface area (Å²) in [7, 11) is 0. The van der Waals surface area contributed by atoms with Crippen molar-refractivity contribution >= 4 is 45.7 Å². The molecule has 11 heteroatoms. The number of aliphatic hydroxyl groups excluding tert-OH is 1. The van der Waals surface area contributed by atoms with Gasteiger partial charge in [0.1, 0.15) is 28.9 Å². The van der Waals surface area contributed by atoms with Crippen molar-refractivity contribution in [3.8, 4) is 11.5 Å². The average molecular weight is 614 g/mol. The lowest BCUT2D eigenvalue weighted by Crippen LogP contribution is -2.29. The van der Waals surface area contributed by atoms with E-state index >= 15 is 0 Å². The molecule has 0 bridgehead atoms. The molecule has 1 aliphatic rings. The molecule has 0 aliphatic carbocycles. The van der Waals surface area contributed by atoms with Crippen LogP contribution in [0, 0.1) is 11.6 Å². The van der Waals surface area contributed by atoms with Gasteiger partial charge in [-0.1, -0.05) is 71.6 Å². The van der Waals surface area contributed by atoms with E-state index in [4.69, 9.17) is 4.74 Å². The molecule has 4 aromatic carbocycles. The zero-order valence-corrected chi connectivity index (χ0v) is 23.8. The zero-order valence-electron chi connectivity index (χ0n) is 22.2. The number of anilines is 1. The molecule has 0 radical (unpaired) electrons. The third kappa shape index (κ3) is 5.90. The summed E-state index contributed by atoms with van der Waals surface area (Å²) >= 11 is 2.30. The minimum absolute atomic E-state index is 0.121. The highest BCUT2D eigenvalue weighted by Crippen LogP contribution is 2.45.